The lowest BCUT2D eigenvalue weighted by Crippen LogP contribution is -2.14. The van der Waals surface area contributed by atoms with Gasteiger partial charge in [0.15, 0.2) is 0 Å². The van der Waals surface area contributed by atoms with Crippen LogP contribution in [0.3, 0.4) is 0 Å². The van der Waals surface area contributed by atoms with Crippen LogP contribution < -0.4 is 5.73 Å². The summed E-state index contributed by atoms with van der Waals surface area (Å²) in [4.78, 5) is 0. The summed E-state index contributed by atoms with van der Waals surface area (Å²) in [5, 5.41) is 0. The van der Waals surface area contributed by atoms with Gasteiger partial charge in [-0.1, -0.05) is 37.1 Å². The van der Waals surface area contributed by atoms with E-state index >= 15 is 0 Å². The van der Waals surface area contributed by atoms with Crippen LogP contribution >= 0.6 is 11.8 Å². The first-order valence-corrected chi connectivity index (χ1v) is 7.21. The number of hydrogen-bond acceptors (Lipinski definition) is 2. The van der Waals surface area contributed by atoms with Gasteiger partial charge in [0, 0.05) is 11.8 Å². The molecule has 0 aliphatic rings. The van der Waals surface area contributed by atoms with Crippen molar-refractivity contribution in [2.24, 2.45) is 5.73 Å². The van der Waals surface area contributed by atoms with Crippen molar-refractivity contribution < 1.29 is 0 Å². The largest absolute Gasteiger partial charge is 0.323 e. The number of thioether (sulfide) groups is 1. The molecule has 2 N–H and O–H groups in total. The molecule has 0 saturated heterocycles. The van der Waals surface area contributed by atoms with Crippen LogP contribution in [0.4, 0.5) is 0 Å². The monoisotopic (exact) mass is 237 g/mol. The van der Waals surface area contributed by atoms with Crippen LogP contribution in [0.2, 0.25) is 0 Å². The van der Waals surface area contributed by atoms with E-state index in [1.807, 2.05) is 11.8 Å². The second-order valence-electron chi connectivity index (χ2n) is 4.40. The van der Waals surface area contributed by atoms with Gasteiger partial charge in [-0.2, -0.15) is 11.8 Å². The van der Waals surface area contributed by atoms with Crippen LogP contribution in [0, 0.1) is 13.8 Å². The fourth-order valence-electron chi connectivity index (χ4n) is 1.71. The predicted molar refractivity (Wildman–Crippen MR) is 75.1 cm³/mol. The van der Waals surface area contributed by atoms with Gasteiger partial charge >= 0.3 is 0 Å². The van der Waals surface area contributed by atoms with Crippen LogP contribution in [-0.2, 0) is 0 Å². The van der Waals surface area contributed by atoms with Crippen LogP contribution in [0.5, 0.6) is 0 Å². The molecule has 1 rings (SSSR count). The quantitative estimate of drug-likeness (QED) is 0.761. The van der Waals surface area contributed by atoms with Gasteiger partial charge < -0.3 is 5.73 Å². The highest BCUT2D eigenvalue weighted by molar-refractivity contribution is 7.99. The van der Waals surface area contributed by atoms with E-state index in [0.29, 0.717) is 0 Å². The Morgan fingerprint density at radius 3 is 2.75 bits per heavy atom. The van der Waals surface area contributed by atoms with Gasteiger partial charge in [0.1, 0.15) is 0 Å². The Morgan fingerprint density at radius 1 is 1.31 bits per heavy atom. The minimum atomic E-state index is 0.182. The number of aryl methyl sites for hydroxylation is 2. The number of unbranched alkanes of at least 4 members (excludes halogenated alkanes) is 1. The fraction of sp³-hybridized carbons (Fsp3) is 0.571. The van der Waals surface area contributed by atoms with Crippen molar-refractivity contribution in [1.82, 2.24) is 0 Å². The number of nitrogens with two attached hydrogens (primary N) is 1. The van der Waals surface area contributed by atoms with Gasteiger partial charge in [0.25, 0.3) is 0 Å². The van der Waals surface area contributed by atoms with E-state index in [0.717, 1.165) is 5.75 Å². The minimum Gasteiger partial charge on any atom is -0.323 e. The third kappa shape index (κ3) is 4.18. The average Bonchev–Trinajstić information content (AvgIpc) is 2.27. The zero-order chi connectivity index (χ0) is 12.0. The smallest absolute Gasteiger partial charge is 0.0389 e. The van der Waals surface area contributed by atoms with Crippen molar-refractivity contribution in [1.29, 1.82) is 0 Å². The van der Waals surface area contributed by atoms with E-state index in [-0.39, 0.29) is 6.04 Å². The first kappa shape index (κ1) is 13.6. The van der Waals surface area contributed by atoms with Crippen LogP contribution in [-0.4, -0.2) is 11.5 Å². The van der Waals surface area contributed by atoms with Gasteiger partial charge in [-0.25, -0.2) is 0 Å². The Morgan fingerprint density at radius 2 is 2.06 bits per heavy atom. The van der Waals surface area contributed by atoms with E-state index in [1.54, 1.807) is 0 Å². The van der Waals surface area contributed by atoms with Gasteiger partial charge in [-0.3, -0.25) is 0 Å². The highest BCUT2D eigenvalue weighted by Gasteiger charge is 2.08. The summed E-state index contributed by atoms with van der Waals surface area (Å²) in [6, 6.07) is 6.72. The molecule has 0 aliphatic heterocycles. The number of benzene rings is 1. The van der Waals surface area contributed by atoms with Crippen molar-refractivity contribution in [3.8, 4) is 0 Å². The maximum absolute atomic E-state index is 6.23. The average molecular weight is 237 g/mol. The number of hydrogen-bond donors (Lipinski definition) is 1. The lowest BCUT2D eigenvalue weighted by Gasteiger charge is -2.15. The second kappa shape index (κ2) is 6.97. The molecule has 0 bridgehead atoms. The van der Waals surface area contributed by atoms with Crippen molar-refractivity contribution >= 4 is 11.8 Å². The van der Waals surface area contributed by atoms with Crippen LogP contribution in [0.1, 0.15) is 42.5 Å². The summed E-state index contributed by atoms with van der Waals surface area (Å²) >= 11 is 1.97. The molecule has 0 spiro atoms. The summed E-state index contributed by atoms with van der Waals surface area (Å²) in [6.07, 6.45) is 2.57. The van der Waals surface area contributed by atoms with Crippen molar-refractivity contribution in [3.05, 3.63) is 34.9 Å². The van der Waals surface area contributed by atoms with Crippen molar-refractivity contribution in [3.63, 3.8) is 0 Å². The Bertz CT molecular complexity index is 323. The SMILES string of the molecule is CCCCSCC(N)c1cc(C)ccc1C. The fourth-order valence-corrected chi connectivity index (χ4v) is 2.80. The molecule has 0 heterocycles. The molecule has 1 aromatic rings. The normalized spacial score (nSPS) is 12.8. The first-order chi connectivity index (χ1) is 7.65. The van der Waals surface area contributed by atoms with Crippen molar-refractivity contribution in [2.75, 3.05) is 11.5 Å². The Balaban J connectivity index is 2.51. The summed E-state index contributed by atoms with van der Waals surface area (Å²) in [7, 11) is 0. The molecule has 1 unspecified atom stereocenters. The maximum Gasteiger partial charge on any atom is 0.0389 e. The minimum absolute atomic E-state index is 0.182. The summed E-state index contributed by atoms with van der Waals surface area (Å²) < 4.78 is 0. The molecule has 0 fully saturated rings. The molecule has 0 radical (unpaired) electrons. The molecule has 0 aliphatic carbocycles. The summed E-state index contributed by atoms with van der Waals surface area (Å²) in [6.45, 7) is 6.50. The zero-order valence-electron chi connectivity index (χ0n) is 10.6. The molecule has 1 nitrogen and oxygen atoms in total. The molecule has 0 amide bonds. The third-order valence-electron chi connectivity index (χ3n) is 2.77. The van der Waals surface area contributed by atoms with E-state index in [4.69, 9.17) is 5.73 Å². The molecular formula is C14H23NS. The lowest BCUT2D eigenvalue weighted by molar-refractivity contribution is 0.817. The van der Waals surface area contributed by atoms with Gasteiger partial charge in [-0.15, -0.1) is 0 Å². The summed E-state index contributed by atoms with van der Waals surface area (Å²) in [5.74, 6) is 2.26. The summed E-state index contributed by atoms with van der Waals surface area (Å²) in [5.41, 5.74) is 10.2. The molecular weight excluding hydrogens is 214 g/mol. The standard InChI is InChI=1S/C14H23NS/c1-4-5-8-16-10-14(15)13-9-11(2)6-7-12(13)3/h6-7,9,14H,4-5,8,10,15H2,1-3H3. The van der Waals surface area contributed by atoms with Gasteiger partial charge in [-0.05, 0) is 37.1 Å². The topological polar surface area (TPSA) is 26.0 Å². The van der Waals surface area contributed by atoms with Crippen LogP contribution in [0.25, 0.3) is 0 Å². The van der Waals surface area contributed by atoms with E-state index < -0.39 is 0 Å². The lowest BCUT2D eigenvalue weighted by atomic mass is 10.0. The van der Waals surface area contributed by atoms with E-state index in [9.17, 15) is 0 Å². The van der Waals surface area contributed by atoms with Crippen molar-refractivity contribution in [2.45, 2.75) is 39.7 Å². The molecule has 90 valence electrons. The molecule has 0 aromatic heterocycles. The van der Waals surface area contributed by atoms with E-state index in [2.05, 4.69) is 39.0 Å². The van der Waals surface area contributed by atoms with Gasteiger partial charge in [0.05, 0.1) is 0 Å². The Kier molecular flexibility index (Phi) is 5.93. The molecule has 2 heteroatoms. The molecule has 0 saturated carbocycles. The highest BCUT2D eigenvalue weighted by atomic mass is 32.2. The number of rotatable bonds is 6. The van der Waals surface area contributed by atoms with E-state index in [1.165, 1.54) is 35.3 Å². The molecule has 1 aromatic carbocycles. The highest BCUT2D eigenvalue weighted by Crippen LogP contribution is 2.21. The third-order valence-corrected chi connectivity index (χ3v) is 3.95. The Hall–Kier alpha value is -0.470. The first-order valence-electron chi connectivity index (χ1n) is 6.05. The van der Waals surface area contributed by atoms with Crippen LogP contribution in [0.15, 0.2) is 18.2 Å². The predicted octanol–water partition coefficient (Wildman–Crippen LogP) is 3.84. The Labute approximate surface area is 104 Å². The zero-order valence-corrected chi connectivity index (χ0v) is 11.4. The molecule has 1 atom stereocenters. The maximum atomic E-state index is 6.23. The van der Waals surface area contributed by atoms with Gasteiger partial charge in [0.2, 0.25) is 0 Å². The second-order valence-corrected chi connectivity index (χ2v) is 5.54. The molecule has 16 heavy (non-hydrogen) atoms.